The van der Waals surface area contributed by atoms with E-state index in [1.165, 1.54) is 24.1 Å². The molecule has 1 aromatic heterocycles. The van der Waals surface area contributed by atoms with E-state index < -0.39 is 0 Å². The van der Waals surface area contributed by atoms with Gasteiger partial charge in [0.15, 0.2) is 0 Å². The Bertz CT molecular complexity index is 325. The molecule has 0 radical (unpaired) electrons. The second kappa shape index (κ2) is 4.05. The van der Waals surface area contributed by atoms with Crippen LogP contribution in [0.15, 0.2) is 6.20 Å². The Labute approximate surface area is 84.2 Å². The molecule has 1 aliphatic rings. The first-order chi connectivity index (χ1) is 6.81. The first-order valence-electron chi connectivity index (χ1n) is 5.27. The maximum Gasteiger partial charge on any atom is 0.130 e. The second-order valence-electron chi connectivity index (χ2n) is 3.96. The summed E-state index contributed by atoms with van der Waals surface area (Å²) in [6.07, 6.45) is 6.05. The minimum atomic E-state index is 0.133. The van der Waals surface area contributed by atoms with Crippen LogP contribution < -0.4 is 0 Å². The van der Waals surface area contributed by atoms with Gasteiger partial charge in [0.25, 0.3) is 0 Å². The van der Waals surface area contributed by atoms with Gasteiger partial charge in [0.1, 0.15) is 5.82 Å². The Morgan fingerprint density at radius 3 is 3.21 bits per heavy atom. The van der Waals surface area contributed by atoms with Gasteiger partial charge < -0.3 is 5.11 Å². The molecule has 2 rings (SSSR count). The molecule has 76 valence electrons. The Balaban J connectivity index is 2.29. The lowest BCUT2D eigenvalue weighted by atomic mass is 9.88. The van der Waals surface area contributed by atoms with Crippen molar-refractivity contribution < 1.29 is 5.11 Å². The smallest absolute Gasteiger partial charge is 0.130 e. The Morgan fingerprint density at radius 1 is 1.57 bits per heavy atom. The summed E-state index contributed by atoms with van der Waals surface area (Å²) in [7, 11) is 0. The van der Waals surface area contributed by atoms with Crippen LogP contribution in [0, 0.1) is 0 Å². The zero-order chi connectivity index (χ0) is 9.97. The SMILES string of the molecule is CC1CCCc2nc(CCO)ncc21. The predicted molar refractivity (Wildman–Crippen MR) is 54.2 cm³/mol. The molecule has 1 heterocycles. The highest BCUT2D eigenvalue weighted by Crippen LogP contribution is 2.29. The molecule has 14 heavy (non-hydrogen) atoms. The van der Waals surface area contributed by atoms with Crippen molar-refractivity contribution >= 4 is 0 Å². The van der Waals surface area contributed by atoms with Crippen molar-refractivity contribution in [3.05, 3.63) is 23.3 Å². The van der Waals surface area contributed by atoms with Crippen molar-refractivity contribution in [3.8, 4) is 0 Å². The molecular formula is C11H16N2O. The van der Waals surface area contributed by atoms with E-state index >= 15 is 0 Å². The lowest BCUT2D eigenvalue weighted by molar-refractivity contribution is 0.296. The van der Waals surface area contributed by atoms with Gasteiger partial charge in [0.2, 0.25) is 0 Å². The van der Waals surface area contributed by atoms with Crippen molar-refractivity contribution in [2.24, 2.45) is 0 Å². The van der Waals surface area contributed by atoms with Crippen LogP contribution in [0.1, 0.15) is 42.8 Å². The third kappa shape index (κ3) is 1.77. The quantitative estimate of drug-likeness (QED) is 0.771. The fourth-order valence-electron chi connectivity index (χ4n) is 2.03. The van der Waals surface area contributed by atoms with Gasteiger partial charge >= 0.3 is 0 Å². The average molecular weight is 192 g/mol. The minimum absolute atomic E-state index is 0.133. The van der Waals surface area contributed by atoms with Crippen LogP contribution in [0.4, 0.5) is 0 Å². The highest BCUT2D eigenvalue weighted by atomic mass is 16.3. The second-order valence-corrected chi connectivity index (χ2v) is 3.96. The lowest BCUT2D eigenvalue weighted by Gasteiger charge is -2.20. The molecule has 1 atom stereocenters. The van der Waals surface area contributed by atoms with Crippen molar-refractivity contribution in [3.63, 3.8) is 0 Å². The van der Waals surface area contributed by atoms with Crippen LogP contribution in [0.5, 0.6) is 0 Å². The fourth-order valence-corrected chi connectivity index (χ4v) is 2.03. The molecule has 0 spiro atoms. The van der Waals surface area contributed by atoms with Crippen LogP contribution >= 0.6 is 0 Å². The zero-order valence-corrected chi connectivity index (χ0v) is 8.53. The van der Waals surface area contributed by atoms with E-state index in [1.807, 2.05) is 6.20 Å². The van der Waals surface area contributed by atoms with E-state index in [4.69, 9.17) is 5.11 Å². The molecule has 0 fully saturated rings. The van der Waals surface area contributed by atoms with Crippen LogP contribution in [0.3, 0.4) is 0 Å². The van der Waals surface area contributed by atoms with Crippen molar-refractivity contribution in [2.75, 3.05) is 6.61 Å². The van der Waals surface area contributed by atoms with Crippen molar-refractivity contribution in [1.29, 1.82) is 0 Å². The first kappa shape index (κ1) is 9.59. The van der Waals surface area contributed by atoms with E-state index in [0.29, 0.717) is 12.3 Å². The molecule has 1 aliphatic carbocycles. The first-order valence-corrected chi connectivity index (χ1v) is 5.27. The monoisotopic (exact) mass is 192 g/mol. The van der Waals surface area contributed by atoms with Crippen molar-refractivity contribution in [2.45, 2.75) is 38.5 Å². The minimum Gasteiger partial charge on any atom is -0.396 e. The van der Waals surface area contributed by atoms with E-state index in [1.54, 1.807) is 0 Å². The van der Waals surface area contributed by atoms with Gasteiger partial charge in [-0.05, 0) is 30.7 Å². The Hall–Kier alpha value is -0.960. The Morgan fingerprint density at radius 2 is 2.43 bits per heavy atom. The third-order valence-corrected chi connectivity index (χ3v) is 2.87. The molecule has 0 saturated carbocycles. The van der Waals surface area contributed by atoms with E-state index in [-0.39, 0.29) is 6.61 Å². The van der Waals surface area contributed by atoms with Gasteiger partial charge in [-0.25, -0.2) is 9.97 Å². The molecule has 0 aromatic carbocycles. The normalized spacial score (nSPS) is 20.6. The molecule has 1 N–H and O–H groups in total. The molecule has 1 unspecified atom stereocenters. The largest absolute Gasteiger partial charge is 0.396 e. The summed E-state index contributed by atoms with van der Waals surface area (Å²) in [5, 5.41) is 8.80. The number of fused-ring (bicyclic) bond motifs is 1. The van der Waals surface area contributed by atoms with Gasteiger partial charge in [-0.15, -0.1) is 0 Å². The lowest BCUT2D eigenvalue weighted by Crippen LogP contribution is -2.12. The van der Waals surface area contributed by atoms with Crippen LogP contribution in [0.2, 0.25) is 0 Å². The van der Waals surface area contributed by atoms with E-state index in [2.05, 4.69) is 16.9 Å². The van der Waals surface area contributed by atoms with Gasteiger partial charge in [0.05, 0.1) is 6.61 Å². The summed E-state index contributed by atoms with van der Waals surface area (Å²) < 4.78 is 0. The van der Waals surface area contributed by atoms with Gasteiger partial charge in [-0.2, -0.15) is 0 Å². The summed E-state index contributed by atoms with van der Waals surface area (Å²) in [5.74, 6) is 1.38. The number of hydrogen-bond acceptors (Lipinski definition) is 3. The van der Waals surface area contributed by atoms with Gasteiger partial charge in [-0.3, -0.25) is 0 Å². The molecule has 3 nitrogen and oxygen atoms in total. The fraction of sp³-hybridized carbons (Fsp3) is 0.636. The summed E-state index contributed by atoms with van der Waals surface area (Å²) in [6.45, 7) is 2.36. The standard InChI is InChI=1S/C11H16N2O/c1-8-3-2-4-10-9(8)7-12-11(13-10)5-6-14/h7-8,14H,2-6H2,1H3. The number of aliphatic hydroxyl groups is 1. The summed E-state index contributed by atoms with van der Waals surface area (Å²) in [4.78, 5) is 8.74. The average Bonchev–Trinajstić information content (AvgIpc) is 2.18. The molecular weight excluding hydrogens is 176 g/mol. The molecule has 0 saturated heterocycles. The highest BCUT2D eigenvalue weighted by molar-refractivity contribution is 5.24. The van der Waals surface area contributed by atoms with E-state index in [0.717, 1.165) is 12.2 Å². The molecule has 0 aliphatic heterocycles. The molecule has 0 bridgehead atoms. The summed E-state index contributed by atoms with van der Waals surface area (Å²) in [5.41, 5.74) is 2.50. The number of aliphatic hydroxyl groups excluding tert-OH is 1. The highest BCUT2D eigenvalue weighted by Gasteiger charge is 2.18. The molecule has 3 heteroatoms. The molecule has 1 aromatic rings. The molecule has 0 amide bonds. The summed E-state index contributed by atoms with van der Waals surface area (Å²) >= 11 is 0. The van der Waals surface area contributed by atoms with Crippen molar-refractivity contribution in [1.82, 2.24) is 9.97 Å². The predicted octanol–water partition coefficient (Wildman–Crippen LogP) is 1.45. The maximum absolute atomic E-state index is 8.80. The number of nitrogens with zero attached hydrogens (tertiary/aromatic N) is 2. The van der Waals surface area contributed by atoms with Gasteiger partial charge in [0, 0.05) is 18.3 Å². The number of hydrogen-bond donors (Lipinski definition) is 1. The summed E-state index contributed by atoms with van der Waals surface area (Å²) in [6, 6.07) is 0. The third-order valence-electron chi connectivity index (χ3n) is 2.87. The Kier molecular flexibility index (Phi) is 2.77. The number of aryl methyl sites for hydroxylation is 1. The van der Waals surface area contributed by atoms with E-state index in [9.17, 15) is 0 Å². The maximum atomic E-state index is 8.80. The van der Waals surface area contributed by atoms with Gasteiger partial charge in [-0.1, -0.05) is 6.92 Å². The van der Waals surface area contributed by atoms with Crippen LogP contribution in [-0.2, 0) is 12.8 Å². The van der Waals surface area contributed by atoms with Crippen LogP contribution in [-0.4, -0.2) is 21.7 Å². The number of aromatic nitrogens is 2. The zero-order valence-electron chi connectivity index (χ0n) is 8.53. The topological polar surface area (TPSA) is 46.0 Å². The number of rotatable bonds is 2. The van der Waals surface area contributed by atoms with Crippen LogP contribution in [0.25, 0.3) is 0 Å².